The molecular weight excluding hydrogens is 545 g/mol. The number of furan rings is 1. The Balaban J connectivity index is 1.20. The second-order valence-corrected chi connectivity index (χ2v) is 14.1. The van der Waals surface area contributed by atoms with E-state index in [0.29, 0.717) is 6.42 Å². The molecule has 3 aliphatic rings. The van der Waals surface area contributed by atoms with Gasteiger partial charge in [0.1, 0.15) is 11.2 Å². The molecule has 3 heterocycles. The highest BCUT2D eigenvalue weighted by molar-refractivity contribution is 7.11. The van der Waals surface area contributed by atoms with Crippen molar-refractivity contribution in [2.45, 2.75) is 77.3 Å². The van der Waals surface area contributed by atoms with Gasteiger partial charge in [-0.1, -0.05) is 60.1 Å². The van der Waals surface area contributed by atoms with Gasteiger partial charge in [-0.15, -0.1) is 0 Å². The van der Waals surface area contributed by atoms with Crippen LogP contribution >= 0.6 is 11.6 Å². The average Bonchev–Trinajstić information content (AvgIpc) is 3.59. The van der Waals surface area contributed by atoms with Gasteiger partial charge in [-0.2, -0.15) is 0 Å². The molecule has 1 unspecified atom stereocenters. The van der Waals surface area contributed by atoms with Gasteiger partial charge in [-0.05, 0) is 93.6 Å². The molecular formula is C34H33B2ClO5. The van der Waals surface area contributed by atoms with E-state index in [1.54, 1.807) is 0 Å². The third kappa shape index (κ3) is 3.49. The molecule has 0 bridgehead atoms. The van der Waals surface area contributed by atoms with Gasteiger partial charge in [0, 0.05) is 22.8 Å². The normalized spacial score (nSPS) is 23.5. The molecule has 1 aliphatic carbocycles. The first-order valence-electron chi connectivity index (χ1n) is 14.7. The maximum absolute atomic E-state index is 7.22. The first-order chi connectivity index (χ1) is 19.8. The molecule has 8 rings (SSSR count). The van der Waals surface area contributed by atoms with Gasteiger partial charge in [-0.25, -0.2) is 0 Å². The fraction of sp³-hybridized carbons (Fsp3) is 0.353. The quantitative estimate of drug-likeness (QED) is 0.196. The lowest BCUT2D eigenvalue weighted by Crippen LogP contribution is -2.46. The van der Waals surface area contributed by atoms with Crippen LogP contribution in [0.1, 0.15) is 54.0 Å². The van der Waals surface area contributed by atoms with Gasteiger partial charge in [0.15, 0.2) is 0 Å². The third-order valence-corrected chi connectivity index (χ3v) is 10.8. The van der Waals surface area contributed by atoms with Crippen LogP contribution in [0.25, 0.3) is 55.0 Å². The lowest BCUT2D eigenvalue weighted by Gasteiger charge is -2.37. The molecule has 212 valence electrons. The number of hydrogen-bond donors (Lipinski definition) is 0. The molecule has 8 heteroatoms. The smallest absolute Gasteiger partial charge is 0.456 e. The van der Waals surface area contributed by atoms with E-state index in [1.807, 2.05) is 45.9 Å². The number of hydrogen-bond acceptors (Lipinski definition) is 5. The molecule has 2 aliphatic heterocycles. The van der Waals surface area contributed by atoms with Crippen LogP contribution in [0.3, 0.4) is 0 Å². The molecule has 0 amide bonds. The molecule has 1 aromatic heterocycles. The van der Waals surface area contributed by atoms with E-state index in [1.165, 1.54) is 21.9 Å². The summed E-state index contributed by atoms with van der Waals surface area (Å²) >= 11 is 7.22. The van der Waals surface area contributed by atoms with Crippen molar-refractivity contribution in [2.24, 2.45) is 0 Å². The van der Waals surface area contributed by atoms with E-state index in [4.69, 9.17) is 34.6 Å². The highest BCUT2D eigenvalue weighted by atomic mass is 35.5. The number of fused-ring (bicyclic) bond motifs is 6. The first kappa shape index (κ1) is 26.8. The standard InChI is InChI=1S/C34H33B2ClO5/c1-31(2)32(3,4)40-35(39-31)36-41-33(5,6)34(7,42-36)18-19-15-16-21-24-17-26-29(22-11-8-9-14-25(22)38-26)30(37)28(24)23-13-10-12-20(19)27(21)23/h8-17H,18H2,1-7H3. The minimum absolute atomic E-state index is 0.463. The van der Waals surface area contributed by atoms with Crippen molar-refractivity contribution in [3.63, 3.8) is 0 Å². The van der Waals surface area contributed by atoms with E-state index in [0.717, 1.165) is 43.7 Å². The van der Waals surface area contributed by atoms with Crippen LogP contribution in [-0.2, 0) is 25.0 Å². The SMILES string of the molecule is CC1(C)OB(B2OC(C)(C)C(C)(Cc3ccc4c5c(cccc35)-c3c-4cc4oc5ccccc5c4c3Cl)O2)OC1(C)C. The summed E-state index contributed by atoms with van der Waals surface area (Å²) in [6.45, 7) is 14.5. The van der Waals surface area contributed by atoms with Crippen molar-refractivity contribution in [1.82, 2.24) is 0 Å². The van der Waals surface area contributed by atoms with Crippen LogP contribution in [0.4, 0.5) is 0 Å². The molecule has 42 heavy (non-hydrogen) atoms. The molecule has 0 radical (unpaired) electrons. The zero-order valence-electron chi connectivity index (χ0n) is 25.1. The number of benzene rings is 4. The summed E-state index contributed by atoms with van der Waals surface area (Å²) in [5, 5.41) is 5.15. The van der Waals surface area contributed by atoms with Crippen molar-refractivity contribution in [3.05, 3.63) is 71.2 Å². The lowest BCUT2D eigenvalue weighted by molar-refractivity contribution is -0.00854. The highest BCUT2D eigenvalue weighted by Gasteiger charge is 2.64. The van der Waals surface area contributed by atoms with Crippen molar-refractivity contribution >= 4 is 58.3 Å². The summed E-state index contributed by atoms with van der Waals surface area (Å²) < 4.78 is 32.1. The summed E-state index contributed by atoms with van der Waals surface area (Å²) in [6.07, 6.45) is 0.660. The molecule has 1 atom stereocenters. The minimum Gasteiger partial charge on any atom is -0.456 e. The van der Waals surface area contributed by atoms with Gasteiger partial charge >= 0.3 is 14.0 Å². The van der Waals surface area contributed by atoms with Crippen molar-refractivity contribution in [1.29, 1.82) is 0 Å². The van der Waals surface area contributed by atoms with Crippen molar-refractivity contribution in [3.8, 4) is 22.3 Å². The zero-order chi connectivity index (χ0) is 29.4. The molecule has 5 aromatic rings. The Morgan fingerprint density at radius 3 is 2.05 bits per heavy atom. The van der Waals surface area contributed by atoms with Crippen LogP contribution in [-0.4, -0.2) is 36.4 Å². The van der Waals surface area contributed by atoms with Crippen LogP contribution < -0.4 is 0 Å². The van der Waals surface area contributed by atoms with Gasteiger partial charge in [0.2, 0.25) is 0 Å². The van der Waals surface area contributed by atoms with Crippen LogP contribution in [0.5, 0.6) is 0 Å². The zero-order valence-corrected chi connectivity index (χ0v) is 25.8. The Bertz CT molecular complexity index is 1940. The maximum atomic E-state index is 7.22. The van der Waals surface area contributed by atoms with E-state index in [9.17, 15) is 0 Å². The van der Waals surface area contributed by atoms with Crippen molar-refractivity contribution < 1.29 is 23.0 Å². The molecule has 0 N–H and O–H groups in total. The van der Waals surface area contributed by atoms with Gasteiger partial charge < -0.3 is 23.0 Å². The molecule has 2 fully saturated rings. The van der Waals surface area contributed by atoms with Crippen LogP contribution in [0.15, 0.2) is 65.1 Å². The first-order valence-corrected chi connectivity index (χ1v) is 15.1. The van der Waals surface area contributed by atoms with Crippen LogP contribution in [0.2, 0.25) is 5.02 Å². The number of para-hydroxylation sites is 1. The topological polar surface area (TPSA) is 50.1 Å². The molecule has 5 nitrogen and oxygen atoms in total. The number of rotatable bonds is 3. The van der Waals surface area contributed by atoms with Gasteiger partial charge in [-0.3, -0.25) is 0 Å². The monoisotopic (exact) mass is 578 g/mol. The minimum atomic E-state index is -0.629. The lowest BCUT2D eigenvalue weighted by atomic mass is 9.49. The van der Waals surface area contributed by atoms with E-state index < -0.39 is 36.4 Å². The number of halogens is 1. The fourth-order valence-electron chi connectivity index (χ4n) is 6.93. The summed E-state index contributed by atoms with van der Waals surface area (Å²) in [6, 6.07) is 21.2. The maximum Gasteiger partial charge on any atom is 0.489 e. The third-order valence-electron chi connectivity index (χ3n) is 10.4. The largest absolute Gasteiger partial charge is 0.489 e. The summed E-state index contributed by atoms with van der Waals surface area (Å²) in [5.74, 6) is 0. The Kier molecular flexibility index (Phi) is 5.38. The predicted octanol–water partition coefficient (Wildman–Crippen LogP) is 8.83. The van der Waals surface area contributed by atoms with Gasteiger partial charge in [0.25, 0.3) is 0 Å². The van der Waals surface area contributed by atoms with Crippen molar-refractivity contribution in [2.75, 3.05) is 0 Å². The average molecular weight is 579 g/mol. The summed E-state index contributed by atoms with van der Waals surface area (Å²) in [7, 11) is -1.23. The van der Waals surface area contributed by atoms with Gasteiger partial charge in [0.05, 0.1) is 27.4 Å². The Morgan fingerprint density at radius 1 is 0.619 bits per heavy atom. The Hall–Kier alpha value is -2.80. The molecule has 4 aromatic carbocycles. The second kappa shape index (κ2) is 8.43. The highest BCUT2D eigenvalue weighted by Crippen LogP contribution is 2.54. The Morgan fingerprint density at radius 2 is 1.29 bits per heavy atom. The van der Waals surface area contributed by atoms with E-state index in [-0.39, 0.29) is 0 Å². The second-order valence-electron chi connectivity index (χ2n) is 13.7. The molecule has 2 saturated heterocycles. The predicted molar refractivity (Wildman–Crippen MR) is 171 cm³/mol. The summed E-state index contributed by atoms with van der Waals surface area (Å²) in [4.78, 5) is 0. The van der Waals surface area contributed by atoms with Crippen LogP contribution in [0, 0.1) is 0 Å². The molecule has 0 spiro atoms. The van der Waals surface area contributed by atoms with E-state index in [2.05, 4.69) is 63.2 Å². The molecule has 0 saturated carbocycles. The summed E-state index contributed by atoms with van der Waals surface area (Å²) in [5.41, 5.74) is 5.23. The van der Waals surface area contributed by atoms with E-state index >= 15 is 0 Å². The Labute approximate surface area is 251 Å². The fourth-order valence-corrected chi connectivity index (χ4v) is 7.33.